The first kappa shape index (κ1) is 19.1. The molecular weight excluding hydrogens is 412 g/mol. The van der Waals surface area contributed by atoms with E-state index in [-0.39, 0.29) is 18.2 Å². The van der Waals surface area contributed by atoms with Crippen molar-refractivity contribution < 1.29 is 19.1 Å². The molecule has 1 atom stereocenters. The predicted octanol–water partition coefficient (Wildman–Crippen LogP) is 3.63. The van der Waals surface area contributed by atoms with Gasteiger partial charge >= 0.3 is 6.03 Å². The van der Waals surface area contributed by atoms with Crippen molar-refractivity contribution in [2.45, 2.75) is 25.9 Å². The highest BCUT2D eigenvalue weighted by Gasteiger charge is 2.49. The van der Waals surface area contributed by atoms with Gasteiger partial charge in [0.2, 0.25) is 0 Å². The van der Waals surface area contributed by atoms with Crippen molar-refractivity contribution in [3.8, 4) is 5.75 Å². The summed E-state index contributed by atoms with van der Waals surface area (Å²) in [5, 5.41) is 2.78. The monoisotopic (exact) mass is 430 g/mol. The third-order valence-electron chi connectivity index (χ3n) is 4.69. The maximum Gasteiger partial charge on any atom is 0.325 e. The van der Waals surface area contributed by atoms with Crippen LogP contribution in [0.2, 0.25) is 0 Å². The number of hydrogen-bond acceptors (Lipinski definition) is 4. The molecule has 1 fully saturated rings. The summed E-state index contributed by atoms with van der Waals surface area (Å²) in [5.74, 6) is 0.0487. The molecule has 0 spiro atoms. The largest absolute Gasteiger partial charge is 0.496 e. The van der Waals surface area contributed by atoms with Gasteiger partial charge in [-0.2, -0.15) is 0 Å². The molecule has 0 radical (unpaired) electrons. The van der Waals surface area contributed by atoms with E-state index in [1.54, 1.807) is 37.3 Å². The lowest BCUT2D eigenvalue weighted by atomic mass is 9.92. The number of halogens is 1. The molecule has 140 valence electrons. The molecule has 1 aliphatic heterocycles. The fraction of sp³-hybridized carbons (Fsp3) is 0.250. The zero-order chi connectivity index (χ0) is 19.8. The normalized spacial score (nSPS) is 19.2. The zero-order valence-electron chi connectivity index (χ0n) is 15.2. The van der Waals surface area contributed by atoms with Crippen LogP contribution < -0.4 is 10.1 Å². The summed E-state index contributed by atoms with van der Waals surface area (Å²) >= 11 is 3.39. The summed E-state index contributed by atoms with van der Waals surface area (Å²) in [5.41, 5.74) is 0.605. The Balaban J connectivity index is 1.95. The molecule has 1 unspecified atom stereocenters. The van der Waals surface area contributed by atoms with E-state index in [9.17, 15) is 14.4 Å². The first-order valence-electron chi connectivity index (χ1n) is 8.34. The number of nitrogens with one attached hydrogen (secondary N) is 1. The van der Waals surface area contributed by atoms with Crippen LogP contribution >= 0.6 is 15.9 Å². The van der Waals surface area contributed by atoms with Crippen LogP contribution in [0.1, 0.15) is 35.3 Å². The van der Waals surface area contributed by atoms with Crippen LogP contribution in [0.15, 0.2) is 46.9 Å². The summed E-state index contributed by atoms with van der Waals surface area (Å²) in [6, 6.07) is 11.7. The van der Waals surface area contributed by atoms with Crippen molar-refractivity contribution in [1.29, 1.82) is 0 Å². The molecule has 0 aliphatic carbocycles. The summed E-state index contributed by atoms with van der Waals surface area (Å²) in [4.78, 5) is 38.5. The van der Waals surface area contributed by atoms with E-state index in [2.05, 4.69) is 21.2 Å². The van der Waals surface area contributed by atoms with Crippen LogP contribution in [0, 0.1) is 0 Å². The Labute approximate surface area is 165 Å². The molecule has 0 saturated carbocycles. The van der Waals surface area contributed by atoms with Gasteiger partial charge in [-0.25, -0.2) is 4.79 Å². The Morgan fingerprint density at radius 2 is 1.96 bits per heavy atom. The van der Waals surface area contributed by atoms with Crippen LogP contribution in [-0.4, -0.2) is 29.7 Å². The second-order valence-corrected chi connectivity index (χ2v) is 7.46. The summed E-state index contributed by atoms with van der Waals surface area (Å²) in [7, 11) is 1.50. The number of methoxy groups -OCH3 is 1. The van der Waals surface area contributed by atoms with Crippen LogP contribution in [-0.2, 0) is 16.9 Å². The Morgan fingerprint density at radius 3 is 2.59 bits per heavy atom. The first-order valence-corrected chi connectivity index (χ1v) is 9.13. The molecule has 0 bridgehead atoms. The Bertz CT molecular complexity index is 943. The van der Waals surface area contributed by atoms with Crippen LogP contribution in [0.25, 0.3) is 0 Å². The number of imide groups is 1. The number of carbonyl (C=O) groups is 3. The minimum Gasteiger partial charge on any atom is -0.496 e. The molecule has 27 heavy (non-hydrogen) atoms. The number of ketones is 1. The Hall–Kier alpha value is -2.67. The average molecular weight is 431 g/mol. The summed E-state index contributed by atoms with van der Waals surface area (Å²) in [6.45, 7) is 3.15. The molecule has 0 aromatic heterocycles. The highest BCUT2D eigenvalue weighted by molar-refractivity contribution is 9.10. The van der Waals surface area contributed by atoms with Gasteiger partial charge < -0.3 is 10.1 Å². The minimum atomic E-state index is -1.16. The number of Topliss-reactive ketones (excluding diaryl/α,β-unsaturated/α-hetero) is 1. The van der Waals surface area contributed by atoms with Gasteiger partial charge in [-0.1, -0.05) is 28.1 Å². The topological polar surface area (TPSA) is 75.7 Å². The van der Waals surface area contributed by atoms with E-state index in [0.29, 0.717) is 22.4 Å². The van der Waals surface area contributed by atoms with Crippen molar-refractivity contribution in [3.63, 3.8) is 0 Å². The van der Waals surface area contributed by atoms with Crippen molar-refractivity contribution in [2.75, 3.05) is 7.11 Å². The maximum atomic E-state index is 13.1. The second kappa shape index (κ2) is 7.15. The van der Waals surface area contributed by atoms with Gasteiger partial charge in [-0.15, -0.1) is 0 Å². The van der Waals surface area contributed by atoms with Gasteiger partial charge in [-0.3, -0.25) is 14.5 Å². The molecule has 1 saturated heterocycles. The van der Waals surface area contributed by atoms with E-state index in [4.69, 9.17) is 4.74 Å². The van der Waals surface area contributed by atoms with E-state index in [1.807, 2.05) is 12.1 Å². The molecule has 1 N–H and O–H groups in total. The molecule has 2 aromatic rings. The van der Waals surface area contributed by atoms with Crippen LogP contribution in [0.4, 0.5) is 4.79 Å². The number of ether oxygens (including phenoxy) is 1. The summed E-state index contributed by atoms with van der Waals surface area (Å²) in [6.07, 6.45) is 0. The highest BCUT2D eigenvalue weighted by Crippen LogP contribution is 2.32. The van der Waals surface area contributed by atoms with Crippen molar-refractivity contribution in [3.05, 3.63) is 63.6 Å². The number of nitrogens with zero attached hydrogens (tertiary/aromatic N) is 1. The number of hydrogen-bond donors (Lipinski definition) is 1. The SMILES string of the molecule is COc1ccc(C(C)=O)cc1CN1C(=O)NC(C)(c2cccc(Br)c2)C1=O. The lowest BCUT2D eigenvalue weighted by molar-refractivity contribution is -0.131. The molecular formula is C20H19BrN2O4. The molecule has 2 aromatic carbocycles. The molecule has 6 nitrogen and oxygen atoms in total. The number of benzene rings is 2. The van der Waals surface area contributed by atoms with Crippen molar-refractivity contribution in [1.82, 2.24) is 10.2 Å². The Kier molecular flexibility index (Phi) is 5.06. The minimum absolute atomic E-state index is 0.0125. The van der Waals surface area contributed by atoms with E-state index >= 15 is 0 Å². The predicted molar refractivity (Wildman–Crippen MR) is 104 cm³/mol. The summed E-state index contributed by atoms with van der Waals surface area (Å²) < 4.78 is 6.14. The standard InChI is InChI=1S/C20H19BrN2O4/c1-12(24)13-7-8-17(27-3)14(9-13)11-23-18(25)20(2,22-19(23)26)15-5-4-6-16(21)10-15/h4-10H,11H2,1-3H3,(H,22,26). The van der Waals surface area contributed by atoms with Gasteiger partial charge in [0, 0.05) is 15.6 Å². The van der Waals surface area contributed by atoms with E-state index in [0.717, 1.165) is 9.37 Å². The van der Waals surface area contributed by atoms with Crippen molar-refractivity contribution >= 4 is 33.7 Å². The van der Waals surface area contributed by atoms with E-state index < -0.39 is 11.6 Å². The van der Waals surface area contributed by atoms with Gasteiger partial charge in [0.05, 0.1) is 13.7 Å². The average Bonchev–Trinajstić information content (AvgIpc) is 2.85. The third kappa shape index (κ3) is 3.47. The molecule has 1 heterocycles. The fourth-order valence-electron chi connectivity index (χ4n) is 3.13. The molecule has 3 amide bonds. The molecule has 1 aliphatic rings. The second-order valence-electron chi connectivity index (χ2n) is 6.54. The lowest BCUT2D eigenvalue weighted by Gasteiger charge is -2.22. The van der Waals surface area contributed by atoms with Gasteiger partial charge in [0.15, 0.2) is 5.78 Å². The highest BCUT2D eigenvalue weighted by atomic mass is 79.9. The lowest BCUT2D eigenvalue weighted by Crippen LogP contribution is -2.40. The molecule has 7 heteroatoms. The Morgan fingerprint density at radius 1 is 1.22 bits per heavy atom. The maximum absolute atomic E-state index is 13.1. The fourth-order valence-corrected chi connectivity index (χ4v) is 3.53. The van der Waals surface area contributed by atoms with E-state index in [1.165, 1.54) is 14.0 Å². The number of urea groups is 1. The number of carbonyl (C=O) groups excluding carboxylic acids is 3. The van der Waals surface area contributed by atoms with Gasteiger partial charge in [0.25, 0.3) is 5.91 Å². The number of amides is 3. The third-order valence-corrected chi connectivity index (χ3v) is 5.19. The van der Waals surface area contributed by atoms with Crippen molar-refractivity contribution in [2.24, 2.45) is 0 Å². The quantitative estimate of drug-likeness (QED) is 0.580. The smallest absolute Gasteiger partial charge is 0.325 e. The molecule has 3 rings (SSSR count). The van der Waals surface area contributed by atoms with Gasteiger partial charge in [0.1, 0.15) is 11.3 Å². The van der Waals surface area contributed by atoms with Crippen LogP contribution in [0.3, 0.4) is 0 Å². The zero-order valence-corrected chi connectivity index (χ0v) is 16.8. The van der Waals surface area contributed by atoms with Gasteiger partial charge in [-0.05, 0) is 49.7 Å². The first-order chi connectivity index (χ1) is 12.8. The van der Waals surface area contributed by atoms with Crippen LogP contribution in [0.5, 0.6) is 5.75 Å². The number of rotatable bonds is 5.